The highest BCUT2D eigenvalue weighted by atomic mass is 15.1. The lowest BCUT2D eigenvalue weighted by Gasteiger charge is -2.18. The zero-order valence-corrected chi connectivity index (χ0v) is 9.77. The summed E-state index contributed by atoms with van der Waals surface area (Å²) in [7, 11) is 2.20. The summed E-state index contributed by atoms with van der Waals surface area (Å²) in [6.45, 7) is 10.2. The molecule has 80 valence electrons. The van der Waals surface area contributed by atoms with Crippen molar-refractivity contribution >= 4 is 0 Å². The lowest BCUT2D eigenvalue weighted by atomic mass is 10.2. The van der Waals surface area contributed by atoms with E-state index in [9.17, 15) is 0 Å². The highest BCUT2D eigenvalue weighted by Crippen LogP contribution is 1.91. The Morgan fingerprint density at radius 2 is 1.92 bits per heavy atom. The Morgan fingerprint density at radius 1 is 1.23 bits per heavy atom. The van der Waals surface area contributed by atoms with Gasteiger partial charge < -0.3 is 10.2 Å². The Bertz CT molecular complexity index is 104. The Balaban J connectivity index is 3.21. The third-order valence-corrected chi connectivity index (χ3v) is 2.49. The fourth-order valence-corrected chi connectivity index (χ4v) is 1.19. The van der Waals surface area contributed by atoms with Crippen LogP contribution in [0.1, 0.15) is 40.0 Å². The molecule has 1 N–H and O–H groups in total. The molecule has 0 aliphatic heterocycles. The minimum Gasteiger partial charge on any atom is -0.313 e. The van der Waals surface area contributed by atoms with E-state index in [1.807, 2.05) is 0 Å². The van der Waals surface area contributed by atoms with Gasteiger partial charge in [0.1, 0.15) is 0 Å². The molecule has 0 aromatic rings. The molecule has 0 rings (SSSR count). The van der Waals surface area contributed by atoms with Gasteiger partial charge in [0, 0.05) is 19.1 Å². The zero-order chi connectivity index (χ0) is 10.1. The predicted octanol–water partition coefficient (Wildman–Crippen LogP) is 2.11. The van der Waals surface area contributed by atoms with Gasteiger partial charge in [-0.1, -0.05) is 20.3 Å². The van der Waals surface area contributed by atoms with Gasteiger partial charge in [-0.3, -0.25) is 0 Å². The van der Waals surface area contributed by atoms with E-state index in [0.29, 0.717) is 6.04 Å². The van der Waals surface area contributed by atoms with Crippen LogP contribution in [0.5, 0.6) is 0 Å². The number of unbranched alkanes of at least 4 members (excludes halogenated alkanes) is 1. The van der Waals surface area contributed by atoms with Crippen molar-refractivity contribution in [3.05, 3.63) is 0 Å². The van der Waals surface area contributed by atoms with Gasteiger partial charge in [-0.15, -0.1) is 0 Å². The lowest BCUT2D eigenvalue weighted by Crippen LogP contribution is -2.34. The average molecular weight is 186 g/mol. The molecule has 0 heterocycles. The summed E-state index contributed by atoms with van der Waals surface area (Å²) in [6, 6.07) is 0.666. The molecule has 0 aliphatic rings. The highest BCUT2D eigenvalue weighted by molar-refractivity contribution is 4.60. The quantitative estimate of drug-likeness (QED) is 0.624. The first-order valence-electron chi connectivity index (χ1n) is 5.62. The molecule has 0 amide bonds. The molecule has 0 aromatic heterocycles. The highest BCUT2D eigenvalue weighted by Gasteiger charge is 1.99. The molecule has 0 aromatic carbocycles. The third-order valence-electron chi connectivity index (χ3n) is 2.49. The van der Waals surface area contributed by atoms with Gasteiger partial charge in [-0.2, -0.15) is 0 Å². The summed E-state index contributed by atoms with van der Waals surface area (Å²) in [6.07, 6.45) is 3.83. The Hall–Kier alpha value is -0.0800. The standard InChI is InChI=1S/C11H26N2/c1-5-7-9-13(4)10-8-12-11(3)6-2/h11-12H,5-10H2,1-4H3. The average Bonchev–Trinajstić information content (AvgIpc) is 2.14. The second-order valence-corrected chi connectivity index (χ2v) is 3.92. The molecular weight excluding hydrogens is 160 g/mol. The maximum absolute atomic E-state index is 3.50. The van der Waals surface area contributed by atoms with Crippen molar-refractivity contribution in [3.63, 3.8) is 0 Å². The summed E-state index contributed by atoms with van der Waals surface area (Å²) >= 11 is 0. The van der Waals surface area contributed by atoms with Crippen molar-refractivity contribution in [2.24, 2.45) is 0 Å². The summed E-state index contributed by atoms with van der Waals surface area (Å²) in [4.78, 5) is 2.40. The second kappa shape index (κ2) is 8.52. The molecule has 13 heavy (non-hydrogen) atoms. The van der Waals surface area contributed by atoms with Gasteiger partial charge in [0.05, 0.1) is 0 Å². The smallest absolute Gasteiger partial charge is 0.0104 e. The minimum atomic E-state index is 0.666. The van der Waals surface area contributed by atoms with Crippen LogP contribution in [0.3, 0.4) is 0 Å². The largest absolute Gasteiger partial charge is 0.313 e. The number of hydrogen-bond donors (Lipinski definition) is 1. The first-order chi connectivity index (χ1) is 6.20. The number of likely N-dealkylation sites (N-methyl/N-ethyl adjacent to an activating group) is 1. The number of nitrogens with zero attached hydrogens (tertiary/aromatic N) is 1. The second-order valence-electron chi connectivity index (χ2n) is 3.92. The maximum Gasteiger partial charge on any atom is 0.0104 e. The van der Waals surface area contributed by atoms with Gasteiger partial charge in [-0.05, 0) is 33.4 Å². The van der Waals surface area contributed by atoms with Crippen LogP contribution in [0.25, 0.3) is 0 Å². The van der Waals surface area contributed by atoms with Gasteiger partial charge >= 0.3 is 0 Å². The molecule has 0 saturated heterocycles. The van der Waals surface area contributed by atoms with Crippen LogP contribution in [-0.2, 0) is 0 Å². The lowest BCUT2D eigenvalue weighted by molar-refractivity contribution is 0.319. The van der Waals surface area contributed by atoms with Crippen LogP contribution in [0, 0.1) is 0 Å². The molecule has 0 saturated carbocycles. The zero-order valence-electron chi connectivity index (χ0n) is 9.77. The predicted molar refractivity (Wildman–Crippen MR) is 60.2 cm³/mol. The molecule has 0 aliphatic carbocycles. The molecule has 1 unspecified atom stereocenters. The van der Waals surface area contributed by atoms with Gasteiger partial charge in [0.2, 0.25) is 0 Å². The van der Waals surface area contributed by atoms with Crippen molar-refractivity contribution in [2.75, 3.05) is 26.7 Å². The minimum absolute atomic E-state index is 0.666. The number of nitrogens with one attached hydrogen (secondary N) is 1. The van der Waals surface area contributed by atoms with Crippen LogP contribution < -0.4 is 5.32 Å². The summed E-state index contributed by atoms with van der Waals surface area (Å²) in [5.41, 5.74) is 0. The Morgan fingerprint density at radius 3 is 2.46 bits per heavy atom. The molecule has 0 spiro atoms. The Kier molecular flexibility index (Phi) is 8.46. The first kappa shape index (κ1) is 12.9. The van der Waals surface area contributed by atoms with E-state index in [-0.39, 0.29) is 0 Å². The summed E-state index contributed by atoms with van der Waals surface area (Å²) in [5, 5.41) is 3.50. The molecule has 0 fully saturated rings. The van der Waals surface area contributed by atoms with E-state index in [1.165, 1.54) is 32.4 Å². The number of rotatable bonds is 8. The monoisotopic (exact) mass is 186 g/mol. The van der Waals surface area contributed by atoms with E-state index in [1.54, 1.807) is 0 Å². The van der Waals surface area contributed by atoms with Crippen LogP contribution >= 0.6 is 0 Å². The van der Waals surface area contributed by atoms with Crippen LogP contribution in [-0.4, -0.2) is 37.6 Å². The summed E-state index contributed by atoms with van der Waals surface area (Å²) < 4.78 is 0. The van der Waals surface area contributed by atoms with E-state index >= 15 is 0 Å². The summed E-state index contributed by atoms with van der Waals surface area (Å²) in [5.74, 6) is 0. The van der Waals surface area contributed by atoms with E-state index in [0.717, 1.165) is 6.54 Å². The van der Waals surface area contributed by atoms with E-state index < -0.39 is 0 Å². The van der Waals surface area contributed by atoms with E-state index in [2.05, 4.69) is 38.0 Å². The fourth-order valence-electron chi connectivity index (χ4n) is 1.19. The van der Waals surface area contributed by atoms with E-state index in [4.69, 9.17) is 0 Å². The third kappa shape index (κ3) is 8.26. The Labute approximate surface area is 83.7 Å². The fraction of sp³-hybridized carbons (Fsp3) is 1.00. The first-order valence-corrected chi connectivity index (χ1v) is 5.62. The van der Waals surface area contributed by atoms with Crippen molar-refractivity contribution in [1.82, 2.24) is 10.2 Å². The topological polar surface area (TPSA) is 15.3 Å². The maximum atomic E-state index is 3.50. The normalized spacial score (nSPS) is 13.6. The van der Waals surface area contributed by atoms with Gasteiger partial charge in [0.15, 0.2) is 0 Å². The molecule has 0 bridgehead atoms. The number of hydrogen-bond acceptors (Lipinski definition) is 2. The van der Waals surface area contributed by atoms with Gasteiger partial charge in [0.25, 0.3) is 0 Å². The van der Waals surface area contributed by atoms with Crippen LogP contribution in [0.4, 0.5) is 0 Å². The van der Waals surface area contributed by atoms with Crippen molar-refractivity contribution in [3.8, 4) is 0 Å². The van der Waals surface area contributed by atoms with Crippen molar-refractivity contribution < 1.29 is 0 Å². The van der Waals surface area contributed by atoms with Crippen LogP contribution in [0.2, 0.25) is 0 Å². The van der Waals surface area contributed by atoms with Crippen molar-refractivity contribution in [2.45, 2.75) is 46.1 Å². The molecule has 2 heteroatoms. The van der Waals surface area contributed by atoms with Crippen LogP contribution in [0.15, 0.2) is 0 Å². The molecule has 2 nitrogen and oxygen atoms in total. The van der Waals surface area contributed by atoms with Crippen molar-refractivity contribution in [1.29, 1.82) is 0 Å². The SMILES string of the molecule is CCCCN(C)CCNC(C)CC. The molecule has 1 atom stereocenters. The van der Waals surface area contributed by atoms with Gasteiger partial charge in [-0.25, -0.2) is 0 Å². The molecular formula is C11H26N2. The molecule has 0 radical (unpaired) electrons.